The van der Waals surface area contributed by atoms with E-state index in [1.54, 1.807) is 0 Å². The van der Waals surface area contributed by atoms with Crippen LogP contribution in [0.3, 0.4) is 0 Å². The lowest BCUT2D eigenvalue weighted by Gasteiger charge is -2.37. The number of hydrogen-bond acceptors (Lipinski definition) is 1. The van der Waals surface area contributed by atoms with Crippen LogP contribution in [-0.4, -0.2) is 21.5 Å². The van der Waals surface area contributed by atoms with E-state index in [0.717, 1.165) is 0 Å². The number of rotatable bonds is 5. The van der Waals surface area contributed by atoms with Gasteiger partial charge in [0.25, 0.3) is 0 Å². The second-order valence-corrected chi connectivity index (χ2v) is 21.3. The van der Waals surface area contributed by atoms with Crippen LogP contribution in [0.25, 0.3) is 0 Å². The molecule has 13 heavy (non-hydrogen) atoms. The molecule has 0 aliphatic rings. The maximum absolute atomic E-state index is 6.24. The third kappa shape index (κ3) is 4.43. The van der Waals surface area contributed by atoms with Gasteiger partial charge in [0.05, 0.1) is 7.59 Å². The fraction of sp³-hybridized carbons (Fsp3) is 1.00. The Bertz CT molecular complexity index is 149. The van der Waals surface area contributed by atoms with Crippen molar-refractivity contribution < 1.29 is 4.43 Å². The predicted molar refractivity (Wildman–Crippen MR) is 66.3 cm³/mol. The first-order valence-electron chi connectivity index (χ1n) is 5.38. The lowest BCUT2D eigenvalue weighted by atomic mass is 10.2. The maximum Gasteiger partial charge on any atom is 0.173 e. The fourth-order valence-electron chi connectivity index (χ4n) is 1.15. The Morgan fingerprint density at radius 3 is 1.85 bits per heavy atom. The molecule has 0 aliphatic heterocycles. The van der Waals surface area contributed by atoms with E-state index in [0.29, 0.717) is 6.10 Å². The molecule has 1 nitrogen and oxygen atoms in total. The van der Waals surface area contributed by atoms with E-state index in [2.05, 4.69) is 46.6 Å². The van der Waals surface area contributed by atoms with Crippen molar-refractivity contribution in [3.63, 3.8) is 0 Å². The third-order valence-electron chi connectivity index (χ3n) is 3.00. The van der Waals surface area contributed by atoms with Gasteiger partial charge in [-0.1, -0.05) is 33.0 Å². The van der Waals surface area contributed by atoms with Gasteiger partial charge in [-0.25, -0.2) is 0 Å². The molecular weight excluding hydrogens is 192 g/mol. The van der Waals surface area contributed by atoms with E-state index in [1.165, 1.54) is 12.8 Å². The van der Waals surface area contributed by atoms with Crippen LogP contribution in [0.15, 0.2) is 0 Å². The lowest BCUT2D eigenvalue weighted by molar-refractivity contribution is 0.207. The van der Waals surface area contributed by atoms with Gasteiger partial charge >= 0.3 is 0 Å². The molecule has 0 saturated heterocycles. The Morgan fingerprint density at radius 2 is 1.54 bits per heavy atom. The van der Waals surface area contributed by atoms with Gasteiger partial charge in [0.2, 0.25) is 0 Å². The molecule has 0 radical (unpaired) electrons. The molecule has 0 saturated carbocycles. The Morgan fingerprint density at radius 1 is 1.08 bits per heavy atom. The fourth-order valence-corrected chi connectivity index (χ4v) is 4.29. The Kier molecular flexibility index (Phi) is 4.90. The molecule has 0 aromatic carbocycles. The first kappa shape index (κ1) is 13.4. The summed E-state index contributed by atoms with van der Waals surface area (Å²) in [6, 6.07) is 0. The average molecular weight is 218 g/mol. The van der Waals surface area contributed by atoms with Crippen LogP contribution in [0.4, 0.5) is 0 Å². The van der Waals surface area contributed by atoms with Crippen molar-refractivity contribution in [2.75, 3.05) is 0 Å². The molecule has 0 aromatic heterocycles. The van der Waals surface area contributed by atoms with Crippen molar-refractivity contribution in [2.24, 2.45) is 0 Å². The van der Waals surface area contributed by atoms with E-state index in [9.17, 15) is 0 Å². The molecule has 0 aliphatic carbocycles. The standard InChI is InChI=1S/C10H26OSi2/c1-8-9-10(2)11-13(6,7)12(3,4)5/h10H,8-9H2,1-7H3. The third-order valence-corrected chi connectivity index (χ3v) is 18.8. The van der Waals surface area contributed by atoms with E-state index in [-0.39, 0.29) is 0 Å². The topological polar surface area (TPSA) is 9.23 Å². The summed E-state index contributed by atoms with van der Waals surface area (Å²) in [7, 11) is -2.43. The first-order valence-corrected chi connectivity index (χ1v) is 12.8. The van der Waals surface area contributed by atoms with Crippen molar-refractivity contribution in [2.45, 2.75) is 65.5 Å². The molecule has 1 unspecified atom stereocenters. The number of hydrogen-bond donors (Lipinski definition) is 0. The molecule has 0 rings (SSSR count). The summed E-state index contributed by atoms with van der Waals surface area (Å²) in [5.74, 6) is 0. The average Bonchev–Trinajstić information content (AvgIpc) is 1.83. The molecule has 1 atom stereocenters. The van der Waals surface area contributed by atoms with Crippen molar-refractivity contribution in [3.8, 4) is 0 Å². The van der Waals surface area contributed by atoms with E-state index in [4.69, 9.17) is 4.43 Å². The lowest BCUT2D eigenvalue weighted by Crippen LogP contribution is -2.56. The Hall–Kier alpha value is 0.394. The molecule has 80 valence electrons. The minimum absolute atomic E-state index is 0.471. The molecule has 0 spiro atoms. The molecule has 0 amide bonds. The Balaban J connectivity index is 4.17. The molecular formula is C10H26OSi2. The normalized spacial score (nSPS) is 15.9. The highest BCUT2D eigenvalue weighted by molar-refractivity contribution is 7.37. The molecule has 3 heteroatoms. The van der Waals surface area contributed by atoms with Crippen LogP contribution < -0.4 is 0 Å². The summed E-state index contributed by atoms with van der Waals surface area (Å²) < 4.78 is 6.24. The summed E-state index contributed by atoms with van der Waals surface area (Å²) in [5.41, 5.74) is 0. The zero-order valence-corrected chi connectivity index (χ0v) is 12.4. The van der Waals surface area contributed by atoms with Gasteiger partial charge < -0.3 is 4.43 Å². The van der Waals surface area contributed by atoms with Crippen molar-refractivity contribution >= 4 is 15.4 Å². The second kappa shape index (κ2) is 4.76. The van der Waals surface area contributed by atoms with E-state index in [1.807, 2.05) is 0 Å². The monoisotopic (exact) mass is 218 g/mol. The zero-order valence-electron chi connectivity index (χ0n) is 10.4. The van der Waals surface area contributed by atoms with E-state index >= 15 is 0 Å². The molecule has 0 aromatic rings. The molecule has 0 N–H and O–H groups in total. The van der Waals surface area contributed by atoms with Crippen molar-refractivity contribution in [1.82, 2.24) is 0 Å². The van der Waals surface area contributed by atoms with Gasteiger partial charge in [-0.05, 0) is 26.4 Å². The zero-order chi connectivity index (χ0) is 10.7. The highest BCUT2D eigenvalue weighted by Gasteiger charge is 2.39. The summed E-state index contributed by atoms with van der Waals surface area (Å²) in [5, 5.41) is 0. The first-order chi connectivity index (χ1) is 5.70. The molecule has 0 fully saturated rings. The van der Waals surface area contributed by atoms with Crippen LogP contribution >= 0.6 is 0 Å². The SMILES string of the molecule is CCCC(C)O[Si](C)(C)[Si](C)(C)C. The van der Waals surface area contributed by atoms with Crippen LogP contribution in [0.5, 0.6) is 0 Å². The quantitative estimate of drug-likeness (QED) is 0.638. The van der Waals surface area contributed by atoms with E-state index < -0.39 is 15.4 Å². The summed E-state index contributed by atoms with van der Waals surface area (Å²) in [4.78, 5) is 0. The van der Waals surface area contributed by atoms with Gasteiger partial charge in [0.15, 0.2) is 7.83 Å². The highest BCUT2D eigenvalue weighted by Crippen LogP contribution is 2.22. The van der Waals surface area contributed by atoms with Crippen LogP contribution in [0.2, 0.25) is 32.7 Å². The minimum Gasteiger partial charge on any atom is -0.417 e. The van der Waals surface area contributed by atoms with Crippen LogP contribution in [0.1, 0.15) is 26.7 Å². The van der Waals surface area contributed by atoms with Gasteiger partial charge in [0.1, 0.15) is 0 Å². The second-order valence-electron chi connectivity index (χ2n) is 5.48. The van der Waals surface area contributed by atoms with Gasteiger partial charge in [-0.2, -0.15) is 0 Å². The summed E-state index contributed by atoms with van der Waals surface area (Å²) >= 11 is 0. The van der Waals surface area contributed by atoms with Gasteiger partial charge in [-0.15, -0.1) is 0 Å². The molecule has 0 heterocycles. The van der Waals surface area contributed by atoms with Gasteiger partial charge in [-0.3, -0.25) is 0 Å². The highest BCUT2D eigenvalue weighted by atomic mass is 29.3. The maximum atomic E-state index is 6.24. The minimum atomic E-state index is -1.37. The molecule has 0 bridgehead atoms. The van der Waals surface area contributed by atoms with Crippen LogP contribution in [-0.2, 0) is 4.43 Å². The summed E-state index contributed by atoms with van der Waals surface area (Å²) in [6.45, 7) is 16.5. The largest absolute Gasteiger partial charge is 0.417 e. The summed E-state index contributed by atoms with van der Waals surface area (Å²) in [6.07, 6.45) is 2.91. The predicted octanol–water partition coefficient (Wildman–Crippen LogP) is 3.81. The van der Waals surface area contributed by atoms with Crippen LogP contribution in [0, 0.1) is 0 Å². The van der Waals surface area contributed by atoms with Crippen molar-refractivity contribution in [1.29, 1.82) is 0 Å². The smallest absolute Gasteiger partial charge is 0.173 e. The van der Waals surface area contributed by atoms with Gasteiger partial charge in [0, 0.05) is 6.10 Å². The van der Waals surface area contributed by atoms with Crippen molar-refractivity contribution in [3.05, 3.63) is 0 Å². The Labute approximate surface area is 85.8 Å².